The summed E-state index contributed by atoms with van der Waals surface area (Å²) in [7, 11) is 0. The van der Waals surface area contributed by atoms with Crippen LogP contribution in [0, 0.1) is 6.92 Å². The summed E-state index contributed by atoms with van der Waals surface area (Å²) in [5.74, 6) is 1.19. The number of benzene rings is 1. The Morgan fingerprint density at radius 1 is 1.30 bits per heavy atom. The van der Waals surface area contributed by atoms with Gasteiger partial charge in [-0.1, -0.05) is 39.7 Å². The predicted molar refractivity (Wildman–Crippen MR) is 84.1 cm³/mol. The summed E-state index contributed by atoms with van der Waals surface area (Å²) in [6.45, 7) is 2.00. The van der Waals surface area contributed by atoms with Crippen LogP contribution in [-0.4, -0.2) is 9.38 Å². The first-order chi connectivity index (χ1) is 9.69. The van der Waals surface area contributed by atoms with Gasteiger partial charge in [0.05, 0.1) is 10.7 Å². The molecule has 0 amide bonds. The highest BCUT2D eigenvalue weighted by molar-refractivity contribution is 9.08. The number of fused-ring (bicyclic) bond motifs is 1. The molecule has 0 radical (unpaired) electrons. The van der Waals surface area contributed by atoms with Gasteiger partial charge in [-0.15, -0.1) is 0 Å². The van der Waals surface area contributed by atoms with E-state index in [0.29, 0.717) is 22.0 Å². The van der Waals surface area contributed by atoms with Gasteiger partial charge in [0.15, 0.2) is 0 Å². The molecule has 3 nitrogen and oxygen atoms in total. The van der Waals surface area contributed by atoms with Crippen LogP contribution in [0.5, 0.6) is 11.6 Å². The standard InChI is InChI=1S/C15H12BrClN2O/c1-10-5-6-11(17)13(8-10)20-15-12(9-16)19-7-3-2-4-14(19)18-15/h2-8H,9H2,1H3. The summed E-state index contributed by atoms with van der Waals surface area (Å²) in [6, 6.07) is 11.5. The van der Waals surface area contributed by atoms with Crippen LogP contribution in [0.3, 0.4) is 0 Å². The van der Waals surface area contributed by atoms with Crippen LogP contribution in [0.4, 0.5) is 0 Å². The van der Waals surface area contributed by atoms with Gasteiger partial charge >= 0.3 is 0 Å². The Hall–Kier alpha value is -1.52. The number of pyridine rings is 1. The minimum atomic E-state index is 0.570. The van der Waals surface area contributed by atoms with Crippen molar-refractivity contribution in [1.29, 1.82) is 0 Å². The van der Waals surface area contributed by atoms with Crippen LogP contribution in [0.1, 0.15) is 11.3 Å². The number of aromatic nitrogens is 2. The lowest BCUT2D eigenvalue weighted by molar-refractivity contribution is 0.461. The summed E-state index contributed by atoms with van der Waals surface area (Å²) < 4.78 is 7.90. The van der Waals surface area contributed by atoms with Gasteiger partial charge in [0.1, 0.15) is 11.4 Å². The molecule has 2 heterocycles. The van der Waals surface area contributed by atoms with Crippen LogP contribution in [0.25, 0.3) is 5.65 Å². The molecule has 2 aromatic heterocycles. The van der Waals surface area contributed by atoms with Crippen molar-refractivity contribution in [3.05, 3.63) is 58.9 Å². The van der Waals surface area contributed by atoms with Crippen molar-refractivity contribution in [2.45, 2.75) is 12.3 Å². The maximum absolute atomic E-state index is 6.17. The summed E-state index contributed by atoms with van der Waals surface area (Å²) in [5.41, 5.74) is 2.90. The topological polar surface area (TPSA) is 26.5 Å². The first-order valence-electron chi connectivity index (χ1n) is 6.15. The van der Waals surface area contributed by atoms with Crippen molar-refractivity contribution in [2.75, 3.05) is 0 Å². The van der Waals surface area contributed by atoms with E-state index in [9.17, 15) is 0 Å². The number of halogens is 2. The lowest BCUT2D eigenvalue weighted by Crippen LogP contribution is -1.92. The molecule has 3 rings (SSSR count). The van der Waals surface area contributed by atoms with Gasteiger partial charge in [-0.2, -0.15) is 4.98 Å². The molecule has 102 valence electrons. The Morgan fingerprint density at radius 2 is 2.15 bits per heavy atom. The van der Waals surface area contributed by atoms with Crippen molar-refractivity contribution in [3.63, 3.8) is 0 Å². The van der Waals surface area contributed by atoms with Gasteiger partial charge in [0, 0.05) is 11.5 Å². The Labute approximate surface area is 130 Å². The largest absolute Gasteiger partial charge is 0.436 e. The van der Waals surface area contributed by atoms with Crippen LogP contribution >= 0.6 is 27.5 Å². The van der Waals surface area contributed by atoms with Gasteiger partial charge in [-0.25, -0.2) is 0 Å². The quantitative estimate of drug-likeness (QED) is 0.622. The number of hydrogen-bond acceptors (Lipinski definition) is 2. The highest BCUT2D eigenvalue weighted by Gasteiger charge is 2.14. The van der Waals surface area contributed by atoms with E-state index in [1.165, 1.54) is 0 Å². The van der Waals surface area contributed by atoms with Crippen molar-refractivity contribution < 1.29 is 4.74 Å². The molecule has 1 aromatic carbocycles. The van der Waals surface area contributed by atoms with Gasteiger partial charge in [-0.05, 0) is 36.8 Å². The minimum Gasteiger partial charge on any atom is -0.436 e. The summed E-state index contributed by atoms with van der Waals surface area (Å²) in [5, 5.41) is 1.23. The maximum atomic E-state index is 6.17. The number of aryl methyl sites for hydroxylation is 1. The van der Waals surface area contributed by atoms with Crippen LogP contribution in [0.2, 0.25) is 5.02 Å². The lowest BCUT2D eigenvalue weighted by Gasteiger charge is -2.07. The summed E-state index contributed by atoms with van der Waals surface area (Å²) in [4.78, 5) is 4.50. The average Bonchev–Trinajstić information content (AvgIpc) is 2.80. The predicted octanol–water partition coefficient (Wildman–Crippen LogP) is 4.98. The number of nitrogens with zero attached hydrogens (tertiary/aromatic N) is 2. The van der Waals surface area contributed by atoms with Gasteiger partial charge in [-0.3, -0.25) is 4.40 Å². The zero-order valence-corrected chi connectivity index (χ0v) is 13.1. The van der Waals surface area contributed by atoms with E-state index < -0.39 is 0 Å². The number of ether oxygens (including phenoxy) is 1. The zero-order valence-electron chi connectivity index (χ0n) is 10.8. The van der Waals surface area contributed by atoms with Crippen molar-refractivity contribution in [2.24, 2.45) is 0 Å². The van der Waals surface area contributed by atoms with E-state index in [-0.39, 0.29) is 0 Å². The van der Waals surface area contributed by atoms with Gasteiger partial charge in [0.2, 0.25) is 5.88 Å². The Bertz CT molecular complexity index is 770. The Kier molecular flexibility index (Phi) is 3.68. The summed E-state index contributed by atoms with van der Waals surface area (Å²) >= 11 is 9.65. The highest BCUT2D eigenvalue weighted by Crippen LogP contribution is 2.32. The fraction of sp³-hybridized carbons (Fsp3) is 0.133. The van der Waals surface area contributed by atoms with Crippen LogP contribution in [-0.2, 0) is 5.33 Å². The number of alkyl halides is 1. The fourth-order valence-corrected chi connectivity index (χ4v) is 2.69. The van der Waals surface area contributed by atoms with Gasteiger partial charge in [0.25, 0.3) is 0 Å². The maximum Gasteiger partial charge on any atom is 0.242 e. The molecule has 0 saturated heterocycles. The third-order valence-electron chi connectivity index (χ3n) is 3.01. The molecule has 0 spiro atoms. The van der Waals surface area contributed by atoms with Gasteiger partial charge < -0.3 is 4.74 Å². The molecule has 0 atom stereocenters. The van der Waals surface area contributed by atoms with E-state index >= 15 is 0 Å². The molecule has 20 heavy (non-hydrogen) atoms. The third-order valence-corrected chi connectivity index (χ3v) is 3.86. The SMILES string of the molecule is Cc1ccc(Cl)c(Oc2nc3ccccn3c2CBr)c1. The molecule has 0 bridgehead atoms. The zero-order chi connectivity index (χ0) is 14.1. The number of hydrogen-bond donors (Lipinski definition) is 0. The molecule has 0 saturated carbocycles. The smallest absolute Gasteiger partial charge is 0.242 e. The van der Waals surface area contributed by atoms with Crippen LogP contribution < -0.4 is 4.74 Å². The van der Waals surface area contributed by atoms with Crippen molar-refractivity contribution in [1.82, 2.24) is 9.38 Å². The Balaban J connectivity index is 2.08. The third kappa shape index (κ3) is 2.41. The van der Waals surface area contributed by atoms with Crippen molar-refractivity contribution in [3.8, 4) is 11.6 Å². The second-order valence-electron chi connectivity index (χ2n) is 4.46. The molecule has 0 N–H and O–H groups in total. The highest BCUT2D eigenvalue weighted by atomic mass is 79.9. The molecular formula is C15H12BrClN2O. The molecule has 5 heteroatoms. The Morgan fingerprint density at radius 3 is 2.95 bits per heavy atom. The summed E-state index contributed by atoms with van der Waals surface area (Å²) in [6.07, 6.45) is 1.96. The van der Waals surface area contributed by atoms with E-state index in [1.54, 1.807) is 0 Å². The first kappa shape index (κ1) is 13.5. The first-order valence-corrected chi connectivity index (χ1v) is 7.65. The molecule has 0 aliphatic heterocycles. The fourth-order valence-electron chi connectivity index (χ4n) is 2.02. The molecule has 0 unspecified atom stereocenters. The lowest BCUT2D eigenvalue weighted by atomic mass is 10.2. The van der Waals surface area contributed by atoms with Crippen molar-refractivity contribution >= 4 is 33.2 Å². The molecule has 0 aliphatic rings. The normalized spacial score (nSPS) is 10.9. The molecular weight excluding hydrogens is 340 g/mol. The molecule has 0 aliphatic carbocycles. The second kappa shape index (κ2) is 5.46. The van der Waals surface area contributed by atoms with E-state index in [4.69, 9.17) is 16.3 Å². The monoisotopic (exact) mass is 350 g/mol. The number of imidazole rings is 1. The van der Waals surface area contributed by atoms with E-state index in [1.807, 2.05) is 53.9 Å². The average molecular weight is 352 g/mol. The van der Waals surface area contributed by atoms with E-state index in [0.717, 1.165) is 16.9 Å². The van der Waals surface area contributed by atoms with Crippen LogP contribution in [0.15, 0.2) is 42.6 Å². The molecule has 0 fully saturated rings. The molecule has 3 aromatic rings. The van der Waals surface area contributed by atoms with E-state index in [2.05, 4.69) is 20.9 Å². The minimum absolute atomic E-state index is 0.570. The second-order valence-corrected chi connectivity index (χ2v) is 5.43. The number of rotatable bonds is 3.